The van der Waals surface area contributed by atoms with E-state index in [-0.39, 0.29) is 0 Å². The molecule has 0 aliphatic rings. The van der Waals surface area contributed by atoms with E-state index in [1.165, 1.54) is 0 Å². The number of unbranched alkanes of at least 4 members (excludes halogenated alkanes) is 1. The zero-order valence-corrected chi connectivity index (χ0v) is 7.87. The molecule has 1 rings (SSSR count). The third kappa shape index (κ3) is 3.58. The molecule has 12 heavy (non-hydrogen) atoms. The summed E-state index contributed by atoms with van der Waals surface area (Å²) >= 11 is 4.12. The molecule has 0 heterocycles. The first kappa shape index (κ1) is 9.33. The first-order chi connectivity index (χ1) is 5.93. The highest BCUT2D eigenvalue weighted by Crippen LogP contribution is 2.08. The van der Waals surface area contributed by atoms with Gasteiger partial charge in [0.1, 0.15) is 0 Å². The average Bonchev–Trinajstić information content (AvgIpc) is 2.14. The maximum Gasteiger partial charge on any atom is 0.0625 e. The summed E-state index contributed by atoms with van der Waals surface area (Å²) in [7, 11) is 0. The van der Waals surface area contributed by atoms with Crippen molar-refractivity contribution in [1.29, 1.82) is 0 Å². The van der Waals surface area contributed by atoms with Crippen LogP contribution in [0.1, 0.15) is 12.8 Å². The van der Waals surface area contributed by atoms with E-state index in [0.29, 0.717) is 0 Å². The molecule has 0 spiro atoms. The lowest BCUT2D eigenvalue weighted by Crippen LogP contribution is -1.76. The van der Waals surface area contributed by atoms with Crippen LogP contribution in [0.25, 0.3) is 0 Å². The minimum absolute atomic E-state index is 0.931. The highest BCUT2D eigenvalue weighted by Gasteiger charge is 1.83. The van der Waals surface area contributed by atoms with Crippen LogP contribution in [0.4, 0.5) is 5.69 Å². The lowest BCUT2D eigenvalue weighted by molar-refractivity contribution is 1.03. The van der Waals surface area contributed by atoms with E-state index in [9.17, 15) is 0 Å². The van der Waals surface area contributed by atoms with E-state index in [2.05, 4.69) is 17.6 Å². The number of rotatable bonds is 4. The van der Waals surface area contributed by atoms with Gasteiger partial charge in [-0.2, -0.15) is 12.6 Å². The van der Waals surface area contributed by atoms with E-state index in [1.54, 1.807) is 0 Å². The van der Waals surface area contributed by atoms with Crippen LogP contribution < -0.4 is 0 Å². The Labute approximate surface area is 78.9 Å². The number of thiol groups is 1. The molecule has 0 fully saturated rings. The van der Waals surface area contributed by atoms with Gasteiger partial charge in [-0.3, -0.25) is 4.99 Å². The Kier molecular flexibility index (Phi) is 4.54. The predicted molar refractivity (Wildman–Crippen MR) is 57.7 cm³/mol. The van der Waals surface area contributed by atoms with Crippen LogP contribution >= 0.6 is 12.6 Å². The predicted octanol–water partition coefficient (Wildman–Crippen LogP) is 3.10. The molecule has 0 aliphatic heterocycles. The Morgan fingerprint density at radius 1 is 1.25 bits per heavy atom. The summed E-state index contributed by atoms with van der Waals surface area (Å²) in [5, 5.41) is 0. The number of para-hydroxylation sites is 1. The van der Waals surface area contributed by atoms with Gasteiger partial charge in [-0.05, 0) is 30.7 Å². The topological polar surface area (TPSA) is 12.4 Å². The molecule has 0 aliphatic carbocycles. The maximum atomic E-state index is 4.28. The normalized spacial score (nSPS) is 10.8. The van der Waals surface area contributed by atoms with Crippen LogP contribution in [0, 0.1) is 0 Å². The van der Waals surface area contributed by atoms with Gasteiger partial charge in [-0.15, -0.1) is 0 Å². The Morgan fingerprint density at radius 2 is 2.00 bits per heavy atom. The van der Waals surface area contributed by atoms with Crippen molar-refractivity contribution in [3.05, 3.63) is 30.3 Å². The van der Waals surface area contributed by atoms with Crippen LogP contribution in [-0.4, -0.2) is 12.0 Å². The maximum absolute atomic E-state index is 4.28. The molecule has 0 atom stereocenters. The molecule has 0 unspecified atom stereocenters. The van der Waals surface area contributed by atoms with Gasteiger partial charge in [0, 0.05) is 6.21 Å². The molecule has 1 aromatic carbocycles. The summed E-state index contributed by atoms with van der Waals surface area (Å²) in [6, 6.07) is 9.97. The van der Waals surface area contributed by atoms with Crippen molar-refractivity contribution in [2.75, 3.05) is 5.75 Å². The highest BCUT2D eigenvalue weighted by molar-refractivity contribution is 7.80. The zero-order chi connectivity index (χ0) is 8.65. The number of benzene rings is 1. The summed E-state index contributed by atoms with van der Waals surface area (Å²) in [5.41, 5.74) is 1.02. The Balaban J connectivity index is 2.36. The van der Waals surface area contributed by atoms with Crippen molar-refractivity contribution in [3.8, 4) is 0 Å². The lowest BCUT2D eigenvalue weighted by atomic mass is 10.3. The Morgan fingerprint density at radius 3 is 2.67 bits per heavy atom. The zero-order valence-electron chi connectivity index (χ0n) is 6.98. The molecular weight excluding hydrogens is 166 g/mol. The third-order valence-corrected chi connectivity index (χ3v) is 1.80. The monoisotopic (exact) mass is 179 g/mol. The molecular formula is C10H13NS. The van der Waals surface area contributed by atoms with Crippen molar-refractivity contribution < 1.29 is 0 Å². The van der Waals surface area contributed by atoms with E-state index in [0.717, 1.165) is 24.3 Å². The summed E-state index contributed by atoms with van der Waals surface area (Å²) in [6.45, 7) is 0. The molecule has 64 valence electrons. The second-order valence-corrected chi connectivity index (χ2v) is 2.96. The molecule has 1 aromatic rings. The molecule has 1 nitrogen and oxygen atoms in total. The third-order valence-electron chi connectivity index (χ3n) is 1.49. The fraction of sp³-hybridized carbons (Fsp3) is 0.300. The lowest BCUT2D eigenvalue weighted by Gasteiger charge is -1.90. The SMILES string of the molecule is SCCCC=Nc1ccccc1. The van der Waals surface area contributed by atoms with Crippen LogP contribution in [-0.2, 0) is 0 Å². The molecule has 0 N–H and O–H groups in total. The van der Waals surface area contributed by atoms with E-state index in [1.807, 2.05) is 36.5 Å². The quantitative estimate of drug-likeness (QED) is 0.414. The van der Waals surface area contributed by atoms with Gasteiger partial charge in [0.2, 0.25) is 0 Å². The van der Waals surface area contributed by atoms with E-state index in [4.69, 9.17) is 0 Å². The number of hydrogen-bond acceptors (Lipinski definition) is 2. The molecule has 0 saturated carbocycles. The molecule has 0 radical (unpaired) electrons. The van der Waals surface area contributed by atoms with E-state index >= 15 is 0 Å². The van der Waals surface area contributed by atoms with Crippen molar-refractivity contribution in [2.45, 2.75) is 12.8 Å². The summed E-state index contributed by atoms with van der Waals surface area (Å²) in [4.78, 5) is 4.28. The van der Waals surface area contributed by atoms with Crippen LogP contribution in [0.3, 0.4) is 0 Å². The van der Waals surface area contributed by atoms with Gasteiger partial charge < -0.3 is 0 Å². The second kappa shape index (κ2) is 5.84. The van der Waals surface area contributed by atoms with Crippen LogP contribution in [0.5, 0.6) is 0 Å². The molecule has 0 amide bonds. The van der Waals surface area contributed by atoms with Gasteiger partial charge in [-0.1, -0.05) is 18.2 Å². The molecule has 0 aromatic heterocycles. The molecule has 2 heteroatoms. The van der Waals surface area contributed by atoms with Crippen molar-refractivity contribution in [3.63, 3.8) is 0 Å². The van der Waals surface area contributed by atoms with Crippen LogP contribution in [0.2, 0.25) is 0 Å². The minimum Gasteiger partial charge on any atom is -0.261 e. The standard InChI is InChI=1S/C10H13NS/c12-9-5-4-8-11-10-6-2-1-3-7-10/h1-3,6-8,12H,4-5,9H2. The largest absolute Gasteiger partial charge is 0.261 e. The molecule has 0 bridgehead atoms. The second-order valence-electron chi connectivity index (χ2n) is 2.51. The van der Waals surface area contributed by atoms with Crippen molar-refractivity contribution in [1.82, 2.24) is 0 Å². The van der Waals surface area contributed by atoms with Crippen molar-refractivity contribution in [2.24, 2.45) is 4.99 Å². The fourth-order valence-electron chi connectivity index (χ4n) is 0.867. The fourth-order valence-corrected chi connectivity index (χ4v) is 1.05. The number of nitrogens with zero attached hydrogens (tertiary/aromatic N) is 1. The average molecular weight is 179 g/mol. The minimum atomic E-state index is 0.931. The highest BCUT2D eigenvalue weighted by atomic mass is 32.1. The van der Waals surface area contributed by atoms with Crippen LogP contribution in [0.15, 0.2) is 35.3 Å². The van der Waals surface area contributed by atoms with Gasteiger partial charge >= 0.3 is 0 Å². The van der Waals surface area contributed by atoms with Gasteiger partial charge in [0.25, 0.3) is 0 Å². The van der Waals surface area contributed by atoms with Gasteiger partial charge in [0.15, 0.2) is 0 Å². The van der Waals surface area contributed by atoms with Gasteiger partial charge in [0.05, 0.1) is 5.69 Å². The summed E-state index contributed by atoms with van der Waals surface area (Å²) in [5.74, 6) is 0.931. The Bertz CT molecular complexity index is 231. The molecule has 0 saturated heterocycles. The summed E-state index contributed by atoms with van der Waals surface area (Å²) < 4.78 is 0. The first-order valence-electron chi connectivity index (χ1n) is 4.12. The first-order valence-corrected chi connectivity index (χ1v) is 4.75. The number of aliphatic imine (C=N–C) groups is 1. The summed E-state index contributed by atoms with van der Waals surface area (Å²) in [6.07, 6.45) is 4.06. The van der Waals surface area contributed by atoms with Crippen molar-refractivity contribution >= 4 is 24.5 Å². The van der Waals surface area contributed by atoms with E-state index < -0.39 is 0 Å². The number of hydrogen-bond donors (Lipinski definition) is 1. The smallest absolute Gasteiger partial charge is 0.0625 e. The Hall–Kier alpha value is -0.760. The van der Waals surface area contributed by atoms with Gasteiger partial charge in [-0.25, -0.2) is 0 Å².